The van der Waals surface area contributed by atoms with Crippen molar-refractivity contribution in [3.8, 4) is 5.75 Å². The number of hydrogen-bond acceptors (Lipinski definition) is 4. The van der Waals surface area contributed by atoms with Crippen LogP contribution >= 0.6 is 15.9 Å². The zero-order valence-electron chi connectivity index (χ0n) is 19.8. The van der Waals surface area contributed by atoms with E-state index in [4.69, 9.17) is 4.74 Å². The zero-order chi connectivity index (χ0) is 25.7. The maximum atomic E-state index is 13.1. The molecule has 4 aromatic rings. The third-order valence-electron chi connectivity index (χ3n) is 5.28. The van der Waals surface area contributed by atoms with Crippen molar-refractivity contribution in [2.45, 2.75) is 20.3 Å². The van der Waals surface area contributed by atoms with Crippen LogP contribution in [0.3, 0.4) is 0 Å². The summed E-state index contributed by atoms with van der Waals surface area (Å²) in [5, 5.41) is 6.11. The van der Waals surface area contributed by atoms with Gasteiger partial charge in [0.1, 0.15) is 11.4 Å². The molecule has 0 aliphatic carbocycles. The van der Waals surface area contributed by atoms with E-state index in [2.05, 4.69) is 32.0 Å². The Balaban J connectivity index is 1.55. The smallest absolute Gasteiger partial charge is 0.328 e. The molecule has 4 rings (SSSR count). The van der Waals surface area contributed by atoms with Crippen LogP contribution in [0.2, 0.25) is 0 Å². The number of rotatable bonds is 7. The lowest BCUT2D eigenvalue weighted by Crippen LogP contribution is -2.36. The van der Waals surface area contributed by atoms with Crippen LogP contribution in [0, 0.1) is 6.92 Å². The molecule has 9 heteroatoms. The van der Waals surface area contributed by atoms with E-state index in [1.54, 1.807) is 48.5 Å². The molecule has 0 atom stereocenters. The van der Waals surface area contributed by atoms with E-state index in [9.17, 15) is 14.4 Å². The number of ether oxygens (including phenoxy) is 1. The van der Waals surface area contributed by atoms with Crippen molar-refractivity contribution in [2.75, 3.05) is 22.7 Å². The second kappa shape index (κ2) is 11.1. The average Bonchev–Trinajstić information content (AvgIpc) is 3.21. The van der Waals surface area contributed by atoms with Crippen molar-refractivity contribution in [1.29, 1.82) is 0 Å². The van der Waals surface area contributed by atoms with E-state index >= 15 is 0 Å². The van der Waals surface area contributed by atoms with Gasteiger partial charge in [-0.3, -0.25) is 19.8 Å². The first-order valence-corrected chi connectivity index (χ1v) is 12.2. The predicted molar refractivity (Wildman–Crippen MR) is 144 cm³/mol. The van der Waals surface area contributed by atoms with Gasteiger partial charge in [-0.15, -0.1) is 0 Å². The van der Waals surface area contributed by atoms with Gasteiger partial charge in [-0.2, -0.15) is 0 Å². The zero-order valence-corrected chi connectivity index (χ0v) is 21.4. The number of aryl methyl sites for hydroxylation is 1. The maximum absolute atomic E-state index is 13.1. The van der Waals surface area contributed by atoms with Gasteiger partial charge in [-0.1, -0.05) is 35.0 Å². The summed E-state index contributed by atoms with van der Waals surface area (Å²) < 4.78 is 7.66. The summed E-state index contributed by atoms with van der Waals surface area (Å²) in [7, 11) is 0. The van der Waals surface area contributed by atoms with E-state index in [0.717, 1.165) is 16.5 Å². The van der Waals surface area contributed by atoms with Crippen LogP contribution in [0.15, 0.2) is 77.3 Å². The molecule has 3 N–H and O–H groups in total. The standard InChI is InChI=1S/C27H25BrN4O4/c1-3-13-36-22-10-8-20(9-11-22)29-26(34)27(35)31-32-23-12-7-19(28)15-18(23)16-24(32)25(33)30-21-6-4-5-17(2)14-21/h4-12,14-16H,3,13H2,1-2H3,(H,29,34)(H,30,33)(H,31,35). The molecule has 3 amide bonds. The monoisotopic (exact) mass is 548 g/mol. The van der Waals surface area contributed by atoms with Gasteiger partial charge in [-0.25, -0.2) is 4.68 Å². The van der Waals surface area contributed by atoms with Gasteiger partial charge in [0.05, 0.1) is 12.1 Å². The molecule has 0 saturated carbocycles. The maximum Gasteiger partial charge on any atom is 0.328 e. The fourth-order valence-corrected chi connectivity index (χ4v) is 3.97. The van der Waals surface area contributed by atoms with Gasteiger partial charge in [0, 0.05) is 21.2 Å². The topological polar surface area (TPSA) is 101 Å². The Morgan fingerprint density at radius 2 is 1.67 bits per heavy atom. The predicted octanol–water partition coefficient (Wildman–Crippen LogP) is 5.46. The third kappa shape index (κ3) is 5.92. The van der Waals surface area contributed by atoms with Gasteiger partial charge in [0.15, 0.2) is 0 Å². The Bertz CT molecular complexity index is 1430. The van der Waals surface area contributed by atoms with E-state index in [-0.39, 0.29) is 5.69 Å². The van der Waals surface area contributed by atoms with E-state index in [1.807, 2.05) is 38.1 Å². The fourth-order valence-electron chi connectivity index (χ4n) is 3.59. The molecule has 36 heavy (non-hydrogen) atoms. The summed E-state index contributed by atoms with van der Waals surface area (Å²) in [6.45, 7) is 4.53. The number of nitrogens with one attached hydrogen (secondary N) is 3. The molecule has 0 aliphatic rings. The van der Waals surface area contributed by atoms with Gasteiger partial charge >= 0.3 is 11.8 Å². The lowest BCUT2D eigenvalue weighted by molar-refractivity contribution is -0.133. The molecule has 0 bridgehead atoms. The second-order valence-corrected chi connectivity index (χ2v) is 9.08. The first kappa shape index (κ1) is 25.0. The van der Waals surface area contributed by atoms with Crippen molar-refractivity contribution in [1.82, 2.24) is 4.68 Å². The summed E-state index contributed by atoms with van der Waals surface area (Å²) in [6.07, 6.45) is 0.884. The van der Waals surface area contributed by atoms with Crippen LogP contribution in [0.1, 0.15) is 29.4 Å². The molecule has 0 spiro atoms. The summed E-state index contributed by atoms with van der Waals surface area (Å²) in [5.74, 6) is -1.56. The van der Waals surface area contributed by atoms with Gasteiger partial charge in [0.2, 0.25) is 0 Å². The average molecular weight is 549 g/mol. The largest absolute Gasteiger partial charge is 0.494 e. The Morgan fingerprint density at radius 3 is 2.39 bits per heavy atom. The first-order valence-electron chi connectivity index (χ1n) is 11.4. The number of halogens is 1. The highest BCUT2D eigenvalue weighted by Gasteiger charge is 2.21. The molecule has 0 radical (unpaired) electrons. The van der Waals surface area contributed by atoms with Crippen LogP contribution < -0.4 is 20.8 Å². The van der Waals surface area contributed by atoms with Crippen LogP contribution in [-0.2, 0) is 9.59 Å². The summed E-state index contributed by atoms with van der Waals surface area (Å²) in [6, 6.07) is 21.1. The van der Waals surface area contributed by atoms with Gasteiger partial charge in [-0.05, 0) is 79.6 Å². The van der Waals surface area contributed by atoms with Crippen LogP contribution in [0.4, 0.5) is 11.4 Å². The number of nitrogens with zero attached hydrogens (tertiary/aromatic N) is 1. The number of carbonyl (C=O) groups excluding carboxylic acids is 3. The molecule has 184 valence electrons. The molecule has 3 aromatic carbocycles. The number of amides is 3. The highest BCUT2D eigenvalue weighted by molar-refractivity contribution is 9.10. The number of carbonyl (C=O) groups is 3. The Hall–Kier alpha value is -4.11. The lowest BCUT2D eigenvalue weighted by atomic mass is 10.2. The van der Waals surface area contributed by atoms with Gasteiger partial charge in [0.25, 0.3) is 5.91 Å². The molecule has 0 aliphatic heterocycles. The molecule has 1 heterocycles. The second-order valence-electron chi connectivity index (χ2n) is 8.16. The highest BCUT2D eigenvalue weighted by Crippen LogP contribution is 2.24. The first-order chi connectivity index (χ1) is 17.3. The van der Waals surface area contributed by atoms with Crippen molar-refractivity contribution >= 4 is 55.9 Å². The number of anilines is 2. The van der Waals surface area contributed by atoms with Crippen molar-refractivity contribution in [2.24, 2.45) is 0 Å². The Kier molecular flexibility index (Phi) is 7.70. The molecule has 0 unspecified atom stereocenters. The summed E-state index contributed by atoms with van der Waals surface area (Å²) in [4.78, 5) is 38.6. The van der Waals surface area contributed by atoms with E-state index in [0.29, 0.717) is 34.6 Å². The Labute approximate surface area is 216 Å². The molecular formula is C27H25BrN4O4. The van der Waals surface area contributed by atoms with Crippen LogP contribution in [0.5, 0.6) is 5.75 Å². The normalized spacial score (nSPS) is 10.6. The number of fused-ring (bicyclic) bond motifs is 1. The molecule has 0 fully saturated rings. The molecular weight excluding hydrogens is 524 g/mol. The minimum absolute atomic E-state index is 0.170. The van der Waals surface area contributed by atoms with E-state index in [1.165, 1.54) is 4.68 Å². The summed E-state index contributed by atoms with van der Waals surface area (Å²) >= 11 is 3.42. The molecule has 8 nitrogen and oxygen atoms in total. The van der Waals surface area contributed by atoms with Crippen LogP contribution in [-0.4, -0.2) is 29.0 Å². The van der Waals surface area contributed by atoms with Crippen molar-refractivity contribution in [3.63, 3.8) is 0 Å². The quantitative estimate of drug-likeness (QED) is 0.267. The molecule has 1 aromatic heterocycles. The fraction of sp³-hybridized carbons (Fsp3) is 0.148. The minimum atomic E-state index is -0.925. The number of aromatic nitrogens is 1. The Morgan fingerprint density at radius 1 is 0.889 bits per heavy atom. The SMILES string of the molecule is CCCOc1ccc(NC(=O)C(=O)Nn2c(C(=O)Nc3cccc(C)c3)cc3cc(Br)ccc32)cc1. The highest BCUT2D eigenvalue weighted by atomic mass is 79.9. The van der Waals surface area contributed by atoms with Crippen molar-refractivity contribution < 1.29 is 19.1 Å². The minimum Gasteiger partial charge on any atom is -0.494 e. The number of benzene rings is 3. The van der Waals surface area contributed by atoms with E-state index < -0.39 is 17.7 Å². The summed E-state index contributed by atoms with van der Waals surface area (Å²) in [5.41, 5.74) is 5.34. The lowest BCUT2D eigenvalue weighted by Gasteiger charge is -2.13. The molecule has 0 saturated heterocycles. The number of hydrogen-bond donors (Lipinski definition) is 3. The van der Waals surface area contributed by atoms with Crippen LogP contribution in [0.25, 0.3) is 10.9 Å². The van der Waals surface area contributed by atoms with Gasteiger partial charge < -0.3 is 15.4 Å². The third-order valence-corrected chi connectivity index (χ3v) is 5.77. The van der Waals surface area contributed by atoms with Crippen molar-refractivity contribution in [3.05, 3.63) is 88.5 Å².